The topological polar surface area (TPSA) is 73.7 Å². The van der Waals surface area contributed by atoms with Gasteiger partial charge in [-0.05, 0) is 12.0 Å². The Morgan fingerprint density at radius 3 is 2.70 bits per heavy atom. The highest BCUT2D eigenvalue weighted by atomic mass is 16.4. The second-order valence-electron chi connectivity index (χ2n) is 6.41. The van der Waals surface area contributed by atoms with E-state index in [4.69, 9.17) is 6.42 Å². The van der Waals surface area contributed by atoms with E-state index in [9.17, 15) is 14.7 Å². The number of amides is 1. The molecule has 0 aliphatic carbocycles. The lowest BCUT2D eigenvalue weighted by Crippen LogP contribution is -3.20. The second kappa shape index (κ2) is 6.43. The van der Waals surface area contributed by atoms with Crippen molar-refractivity contribution in [1.29, 1.82) is 0 Å². The van der Waals surface area contributed by atoms with Gasteiger partial charge in [-0.1, -0.05) is 24.1 Å². The molecule has 5 heteroatoms. The number of rotatable bonds is 4. The summed E-state index contributed by atoms with van der Waals surface area (Å²) in [7, 11) is 0. The fraction of sp³-hybridized carbons (Fsp3) is 0.444. The maximum atomic E-state index is 12.3. The van der Waals surface area contributed by atoms with Crippen LogP contribution < -0.4 is 15.3 Å². The van der Waals surface area contributed by atoms with Gasteiger partial charge in [0.1, 0.15) is 6.04 Å². The molecule has 0 saturated carbocycles. The van der Waals surface area contributed by atoms with E-state index in [0.29, 0.717) is 24.4 Å². The van der Waals surface area contributed by atoms with Crippen molar-refractivity contribution in [3.05, 3.63) is 35.4 Å². The van der Waals surface area contributed by atoms with Gasteiger partial charge in [-0.15, -0.1) is 6.42 Å². The molecule has 4 atom stereocenters. The Morgan fingerprint density at radius 2 is 2.09 bits per heavy atom. The summed E-state index contributed by atoms with van der Waals surface area (Å²) >= 11 is 0. The molecule has 23 heavy (non-hydrogen) atoms. The van der Waals surface area contributed by atoms with Gasteiger partial charge in [-0.2, -0.15) is 0 Å². The summed E-state index contributed by atoms with van der Waals surface area (Å²) < 4.78 is 0. The summed E-state index contributed by atoms with van der Waals surface area (Å²) in [4.78, 5) is 24.8. The molecule has 5 nitrogen and oxygen atoms in total. The number of fused-ring (bicyclic) bond motifs is 3. The van der Waals surface area contributed by atoms with Gasteiger partial charge in [-0.25, -0.2) is 0 Å². The molecule has 3 saturated heterocycles. The Kier molecular flexibility index (Phi) is 4.35. The lowest BCUT2D eigenvalue weighted by molar-refractivity contribution is -0.943. The first kappa shape index (κ1) is 15.6. The van der Waals surface area contributed by atoms with Gasteiger partial charge in [0.15, 0.2) is 0 Å². The first-order chi connectivity index (χ1) is 11.1. The number of hydrogen-bond acceptors (Lipinski definition) is 3. The highest BCUT2D eigenvalue weighted by molar-refractivity contribution is 6.04. The molecule has 3 fully saturated rings. The standard InChI is InChI=1S/C18H20N2O3/c1-2-12-11-20-8-7-13(12)9-14(20)10-19-17(21)15-5-3-4-6-16(15)18(22)23/h1,3-6,12-14H,7-11H2,(H,19,21)(H,22,23)/t12-,13-,14+/m0/s1. The smallest absolute Gasteiger partial charge is 0.252 e. The fourth-order valence-electron chi connectivity index (χ4n) is 3.90. The van der Waals surface area contributed by atoms with Crippen molar-refractivity contribution in [2.75, 3.05) is 19.6 Å². The minimum absolute atomic E-state index is 0.0739. The van der Waals surface area contributed by atoms with Gasteiger partial charge < -0.3 is 20.1 Å². The van der Waals surface area contributed by atoms with E-state index >= 15 is 0 Å². The van der Waals surface area contributed by atoms with Crippen LogP contribution in [-0.4, -0.2) is 37.6 Å². The van der Waals surface area contributed by atoms with Crippen molar-refractivity contribution in [2.45, 2.75) is 18.9 Å². The lowest BCUT2D eigenvalue weighted by Gasteiger charge is -2.45. The van der Waals surface area contributed by atoms with E-state index in [1.807, 2.05) is 0 Å². The third-order valence-electron chi connectivity index (χ3n) is 5.17. The number of terminal acetylenes is 1. The van der Waals surface area contributed by atoms with Crippen LogP contribution in [0.3, 0.4) is 0 Å². The minimum Gasteiger partial charge on any atom is -0.545 e. The third kappa shape index (κ3) is 3.08. The fourth-order valence-corrected chi connectivity index (χ4v) is 3.90. The van der Waals surface area contributed by atoms with Gasteiger partial charge >= 0.3 is 0 Å². The van der Waals surface area contributed by atoms with Crippen LogP contribution in [0.15, 0.2) is 24.3 Å². The molecule has 0 spiro atoms. The van der Waals surface area contributed by atoms with E-state index in [1.165, 1.54) is 17.0 Å². The monoisotopic (exact) mass is 312 g/mol. The molecular weight excluding hydrogens is 292 g/mol. The highest BCUT2D eigenvalue weighted by Crippen LogP contribution is 2.26. The molecule has 1 unspecified atom stereocenters. The van der Waals surface area contributed by atoms with E-state index in [-0.39, 0.29) is 17.0 Å². The Bertz CT molecular complexity index is 664. The molecule has 0 aromatic heterocycles. The molecular formula is C18H20N2O3. The van der Waals surface area contributed by atoms with Crippen molar-refractivity contribution >= 4 is 11.9 Å². The van der Waals surface area contributed by atoms with Crippen molar-refractivity contribution in [2.24, 2.45) is 11.8 Å². The summed E-state index contributed by atoms with van der Waals surface area (Å²) in [6.45, 7) is 2.61. The van der Waals surface area contributed by atoms with Crippen molar-refractivity contribution < 1.29 is 19.6 Å². The Labute approximate surface area is 135 Å². The Hall–Kier alpha value is -2.32. The van der Waals surface area contributed by atoms with E-state index in [2.05, 4.69) is 11.2 Å². The average molecular weight is 312 g/mol. The van der Waals surface area contributed by atoms with Crippen LogP contribution in [0.2, 0.25) is 0 Å². The number of aromatic carboxylic acids is 1. The van der Waals surface area contributed by atoms with Crippen LogP contribution in [0.25, 0.3) is 0 Å². The Morgan fingerprint density at radius 1 is 1.35 bits per heavy atom. The molecule has 3 aliphatic heterocycles. The van der Waals surface area contributed by atoms with Crippen LogP contribution in [0.1, 0.15) is 33.6 Å². The van der Waals surface area contributed by atoms with Crippen LogP contribution in [0.4, 0.5) is 0 Å². The van der Waals surface area contributed by atoms with Crippen molar-refractivity contribution in [3.8, 4) is 12.3 Å². The molecule has 0 radical (unpaired) electrons. The predicted molar refractivity (Wildman–Crippen MR) is 82.6 cm³/mol. The lowest BCUT2D eigenvalue weighted by atomic mass is 9.76. The van der Waals surface area contributed by atoms with Gasteiger partial charge in [0, 0.05) is 24.0 Å². The number of quaternary nitrogens is 1. The normalized spacial score (nSPS) is 28.8. The van der Waals surface area contributed by atoms with Crippen LogP contribution >= 0.6 is 0 Å². The predicted octanol–water partition coefficient (Wildman–Crippen LogP) is -1.29. The number of carbonyl (C=O) groups excluding carboxylic acids is 2. The van der Waals surface area contributed by atoms with Crippen molar-refractivity contribution in [1.82, 2.24) is 5.32 Å². The molecule has 2 N–H and O–H groups in total. The SMILES string of the molecule is C#C[C@H]1C[NH+]2CC[C@H]1C[C@@H]2CNC(=O)c1ccccc1C(=O)[O-]. The van der Waals surface area contributed by atoms with Crippen LogP contribution in [0.5, 0.6) is 0 Å². The summed E-state index contributed by atoms with van der Waals surface area (Å²) in [5, 5.41) is 14.0. The highest BCUT2D eigenvalue weighted by Gasteiger charge is 2.42. The summed E-state index contributed by atoms with van der Waals surface area (Å²) in [6.07, 6.45) is 7.76. The molecule has 2 bridgehead atoms. The third-order valence-corrected chi connectivity index (χ3v) is 5.17. The number of piperidine rings is 3. The number of hydrogen-bond donors (Lipinski definition) is 2. The molecule has 1 aromatic carbocycles. The molecule has 1 amide bonds. The average Bonchev–Trinajstić information content (AvgIpc) is 2.60. The van der Waals surface area contributed by atoms with E-state index in [0.717, 1.165) is 25.9 Å². The van der Waals surface area contributed by atoms with Crippen LogP contribution in [-0.2, 0) is 0 Å². The van der Waals surface area contributed by atoms with Gasteiger partial charge in [-0.3, -0.25) is 4.79 Å². The largest absolute Gasteiger partial charge is 0.545 e. The maximum Gasteiger partial charge on any atom is 0.252 e. The number of carboxylic acid groups (broad SMARTS) is 1. The number of benzene rings is 1. The van der Waals surface area contributed by atoms with Crippen LogP contribution in [0, 0.1) is 24.2 Å². The zero-order valence-electron chi connectivity index (χ0n) is 12.9. The number of nitrogens with one attached hydrogen (secondary N) is 2. The van der Waals surface area contributed by atoms with Gasteiger partial charge in [0.25, 0.3) is 5.91 Å². The summed E-state index contributed by atoms with van der Waals surface area (Å²) in [5.74, 6) is 2.09. The first-order valence-electron chi connectivity index (χ1n) is 7.99. The molecule has 1 aromatic rings. The van der Waals surface area contributed by atoms with Gasteiger partial charge in [0.05, 0.1) is 31.5 Å². The zero-order valence-corrected chi connectivity index (χ0v) is 12.9. The maximum absolute atomic E-state index is 12.3. The minimum atomic E-state index is -1.33. The first-order valence-corrected chi connectivity index (χ1v) is 7.99. The molecule has 3 heterocycles. The summed E-state index contributed by atoms with van der Waals surface area (Å²) in [6, 6.07) is 6.49. The van der Waals surface area contributed by atoms with Gasteiger partial charge in [0.2, 0.25) is 0 Å². The second-order valence-corrected chi connectivity index (χ2v) is 6.41. The number of carbonyl (C=O) groups is 2. The Balaban J connectivity index is 1.63. The number of carboxylic acids is 1. The molecule has 3 aliphatic rings. The molecule has 120 valence electrons. The summed E-state index contributed by atoms with van der Waals surface area (Å²) in [5.41, 5.74) is 0.0789. The van der Waals surface area contributed by atoms with E-state index < -0.39 is 5.97 Å². The van der Waals surface area contributed by atoms with E-state index in [1.54, 1.807) is 12.1 Å². The van der Waals surface area contributed by atoms with Crippen molar-refractivity contribution in [3.63, 3.8) is 0 Å². The quantitative estimate of drug-likeness (QED) is 0.679. The zero-order chi connectivity index (χ0) is 16.4. The molecule has 4 rings (SSSR count).